The van der Waals surface area contributed by atoms with Crippen LogP contribution in [0, 0.1) is 0 Å². The predicted octanol–water partition coefficient (Wildman–Crippen LogP) is 2.15. The van der Waals surface area contributed by atoms with Crippen molar-refractivity contribution in [2.24, 2.45) is 5.73 Å². The molecule has 0 saturated carbocycles. The number of anilines is 1. The first-order valence-electron chi connectivity index (χ1n) is 5.96. The molecule has 0 heterocycles. The highest BCUT2D eigenvalue weighted by Gasteiger charge is 2.10. The average molecular weight is 236 g/mol. The Kier molecular flexibility index (Phi) is 5.49. The van der Waals surface area contributed by atoms with Crippen molar-refractivity contribution in [3.8, 4) is 5.75 Å². The summed E-state index contributed by atoms with van der Waals surface area (Å²) in [6, 6.07) is 6.87. The standard InChI is InChI=1S/C13H20N2O2/c1-3-8-17-11-7-5-6-10(9-11)15-13(16)12(14)4-2/h5-7,9,12H,3-4,8,14H2,1-2H3,(H,15,16)/t12-/m0/s1. The van der Waals surface area contributed by atoms with Gasteiger partial charge in [-0.25, -0.2) is 0 Å². The number of ether oxygens (including phenoxy) is 1. The Morgan fingerprint density at radius 3 is 2.88 bits per heavy atom. The lowest BCUT2D eigenvalue weighted by molar-refractivity contribution is -0.117. The van der Waals surface area contributed by atoms with Crippen LogP contribution in [0.1, 0.15) is 26.7 Å². The predicted molar refractivity (Wildman–Crippen MR) is 69.1 cm³/mol. The third-order valence-electron chi connectivity index (χ3n) is 2.35. The molecule has 0 saturated heterocycles. The van der Waals surface area contributed by atoms with Crippen molar-refractivity contribution in [3.05, 3.63) is 24.3 Å². The molecule has 1 aromatic rings. The maximum absolute atomic E-state index is 11.6. The van der Waals surface area contributed by atoms with Crippen molar-refractivity contribution in [1.82, 2.24) is 0 Å². The Bertz CT molecular complexity index is 366. The van der Waals surface area contributed by atoms with Gasteiger partial charge in [0.15, 0.2) is 0 Å². The largest absolute Gasteiger partial charge is 0.494 e. The highest BCUT2D eigenvalue weighted by atomic mass is 16.5. The lowest BCUT2D eigenvalue weighted by atomic mass is 10.2. The van der Waals surface area contributed by atoms with E-state index in [2.05, 4.69) is 5.32 Å². The smallest absolute Gasteiger partial charge is 0.241 e. The van der Waals surface area contributed by atoms with Gasteiger partial charge >= 0.3 is 0 Å². The second-order valence-electron chi connectivity index (χ2n) is 3.88. The van der Waals surface area contributed by atoms with E-state index in [0.717, 1.165) is 12.2 Å². The molecule has 0 spiro atoms. The molecule has 17 heavy (non-hydrogen) atoms. The molecule has 4 heteroatoms. The lowest BCUT2D eigenvalue weighted by Crippen LogP contribution is -2.34. The topological polar surface area (TPSA) is 64.3 Å². The SMILES string of the molecule is CCCOc1cccc(NC(=O)[C@@H](N)CC)c1. The van der Waals surface area contributed by atoms with Crippen molar-refractivity contribution in [1.29, 1.82) is 0 Å². The third-order valence-corrected chi connectivity index (χ3v) is 2.35. The van der Waals surface area contributed by atoms with Gasteiger partial charge in [-0.3, -0.25) is 4.79 Å². The van der Waals surface area contributed by atoms with E-state index in [1.165, 1.54) is 0 Å². The van der Waals surface area contributed by atoms with Crippen LogP contribution in [-0.4, -0.2) is 18.6 Å². The van der Waals surface area contributed by atoms with E-state index < -0.39 is 6.04 Å². The molecule has 0 aliphatic rings. The first-order chi connectivity index (χ1) is 8.17. The zero-order valence-corrected chi connectivity index (χ0v) is 10.4. The molecule has 1 atom stereocenters. The highest BCUT2D eigenvalue weighted by Crippen LogP contribution is 2.17. The van der Waals surface area contributed by atoms with Crippen LogP contribution in [0.2, 0.25) is 0 Å². The molecule has 4 nitrogen and oxygen atoms in total. The summed E-state index contributed by atoms with van der Waals surface area (Å²) < 4.78 is 5.48. The maximum Gasteiger partial charge on any atom is 0.241 e. The fraction of sp³-hybridized carbons (Fsp3) is 0.462. The highest BCUT2D eigenvalue weighted by molar-refractivity contribution is 5.94. The van der Waals surface area contributed by atoms with E-state index in [0.29, 0.717) is 18.7 Å². The summed E-state index contributed by atoms with van der Waals surface area (Å²) in [6.45, 7) is 4.60. The second kappa shape index (κ2) is 6.91. The summed E-state index contributed by atoms with van der Waals surface area (Å²) in [5, 5.41) is 2.77. The summed E-state index contributed by atoms with van der Waals surface area (Å²) in [7, 11) is 0. The van der Waals surface area contributed by atoms with E-state index >= 15 is 0 Å². The molecule has 0 fully saturated rings. The van der Waals surface area contributed by atoms with Gasteiger partial charge in [-0.1, -0.05) is 19.9 Å². The molecular weight excluding hydrogens is 216 g/mol. The number of hydrogen-bond donors (Lipinski definition) is 2. The van der Waals surface area contributed by atoms with E-state index in [1.54, 1.807) is 6.07 Å². The van der Waals surface area contributed by atoms with Gasteiger partial charge < -0.3 is 15.8 Å². The van der Waals surface area contributed by atoms with E-state index in [9.17, 15) is 4.79 Å². The molecule has 0 bridgehead atoms. The molecular formula is C13H20N2O2. The zero-order valence-electron chi connectivity index (χ0n) is 10.4. The molecule has 1 amide bonds. The summed E-state index contributed by atoms with van der Waals surface area (Å²) in [5.41, 5.74) is 6.35. The van der Waals surface area contributed by atoms with Crippen LogP contribution < -0.4 is 15.8 Å². The normalized spacial score (nSPS) is 11.9. The van der Waals surface area contributed by atoms with Gasteiger partial charge in [-0.2, -0.15) is 0 Å². The summed E-state index contributed by atoms with van der Waals surface area (Å²) >= 11 is 0. The van der Waals surface area contributed by atoms with Crippen LogP contribution in [0.15, 0.2) is 24.3 Å². The molecule has 1 aromatic carbocycles. The quantitative estimate of drug-likeness (QED) is 0.795. The number of carbonyl (C=O) groups is 1. The van der Waals surface area contributed by atoms with Crippen molar-refractivity contribution in [2.45, 2.75) is 32.7 Å². The minimum atomic E-state index is -0.463. The van der Waals surface area contributed by atoms with Gasteiger partial charge in [-0.05, 0) is 25.0 Å². The Hall–Kier alpha value is -1.55. The third kappa shape index (κ3) is 4.44. The van der Waals surface area contributed by atoms with Crippen LogP contribution >= 0.6 is 0 Å². The Labute approximate surface area is 102 Å². The Morgan fingerprint density at radius 2 is 2.24 bits per heavy atom. The number of amides is 1. The lowest BCUT2D eigenvalue weighted by Gasteiger charge is -2.11. The van der Waals surface area contributed by atoms with Crippen molar-refractivity contribution in [3.63, 3.8) is 0 Å². The molecule has 0 radical (unpaired) electrons. The van der Waals surface area contributed by atoms with Crippen molar-refractivity contribution >= 4 is 11.6 Å². The number of nitrogens with two attached hydrogens (primary N) is 1. The molecule has 0 aromatic heterocycles. The van der Waals surface area contributed by atoms with Crippen molar-refractivity contribution < 1.29 is 9.53 Å². The summed E-state index contributed by atoms with van der Waals surface area (Å²) in [6.07, 6.45) is 1.58. The van der Waals surface area contributed by atoms with E-state index in [1.807, 2.05) is 32.0 Å². The number of rotatable bonds is 6. The van der Waals surface area contributed by atoms with Crippen LogP contribution in [0.25, 0.3) is 0 Å². The van der Waals surface area contributed by atoms with Crippen LogP contribution in [0.4, 0.5) is 5.69 Å². The average Bonchev–Trinajstić information content (AvgIpc) is 2.35. The van der Waals surface area contributed by atoms with Gasteiger partial charge in [0.05, 0.1) is 12.6 Å². The second-order valence-corrected chi connectivity index (χ2v) is 3.88. The Morgan fingerprint density at radius 1 is 1.47 bits per heavy atom. The summed E-state index contributed by atoms with van der Waals surface area (Å²) in [5.74, 6) is 0.592. The van der Waals surface area contributed by atoms with Gasteiger partial charge in [0.2, 0.25) is 5.91 Å². The molecule has 1 rings (SSSR count). The van der Waals surface area contributed by atoms with E-state index in [-0.39, 0.29) is 5.91 Å². The van der Waals surface area contributed by atoms with Crippen LogP contribution in [0.5, 0.6) is 5.75 Å². The van der Waals surface area contributed by atoms with E-state index in [4.69, 9.17) is 10.5 Å². The van der Waals surface area contributed by atoms with Gasteiger partial charge in [0, 0.05) is 11.8 Å². The van der Waals surface area contributed by atoms with Crippen LogP contribution in [-0.2, 0) is 4.79 Å². The van der Waals surface area contributed by atoms with Gasteiger partial charge in [-0.15, -0.1) is 0 Å². The molecule has 3 N–H and O–H groups in total. The first kappa shape index (κ1) is 13.5. The van der Waals surface area contributed by atoms with Gasteiger partial charge in [0.25, 0.3) is 0 Å². The fourth-order valence-electron chi connectivity index (χ4n) is 1.30. The monoisotopic (exact) mass is 236 g/mol. The summed E-state index contributed by atoms with van der Waals surface area (Å²) in [4.78, 5) is 11.6. The van der Waals surface area contributed by atoms with Gasteiger partial charge in [0.1, 0.15) is 5.75 Å². The molecule has 94 valence electrons. The molecule has 0 aliphatic carbocycles. The maximum atomic E-state index is 11.6. The number of nitrogens with one attached hydrogen (secondary N) is 1. The first-order valence-corrected chi connectivity index (χ1v) is 5.96. The number of benzene rings is 1. The minimum absolute atomic E-state index is 0.167. The molecule has 0 aliphatic heterocycles. The van der Waals surface area contributed by atoms with Crippen molar-refractivity contribution in [2.75, 3.05) is 11.9 Å². The Balaban J connectivity index is 2.62. The van der Waals surface area contributed by atoms with Crippen LogP contribution in [0.3, 0.4) is 0 Å². The fourth-order valence-corrected chi connectivity index (χ4v) is 1.30. The molecule has 0 unspecified atom stereocenters. The number of hydrogen-bond acceptors (Lipinski definition) is 3. The minimum Gasteiger partial charge on any atom is -0.494 e. The number of carbonyl (C=O) groups excluding carboxylic acids is 1. The zero-order chi connectivity index (χ0) is 12.7.